The van der Waals surface area contributed by atoms with Crippen molar-refractivity contribution in [2.45, 2.75) is 5.75 Å². The number of rotatable bonds is 2. The van der Waals surface area contributed by atoms with Crippen LogP contribution in [0, 0.1) is 11.3 Å². The van der Waals surface area contributed by atoms with Gasteiger partial charge < -0.3 is 0 Å². The molecule has 0 unspecified atom stereocenters. The maximum Gasteiger partial charge on any atom is 0.272 e. The minimum atomic E-state index is -0.205. The largest absolute Gasteiger partial charge is 0.295 e. The Bertz CT molecular complexity index is 755. The minimum absolute atomic E-state index is 0.205. The Hall–Kier alpha value is -1.72. The molecule has 0 aliphatic carbocycles. The van der Waals surface area contributed by atoms with Crippen molar-refractivity contribution in [1.82, 2.24) is 14.6 Å². The van der Waals surface area contributed by atoms with Gasteiger partial charge in [0.05, 0.1) is 12.2 Å². The van der Waals surface area contributed by atoms with E-state index in [2.05, 4.69) is 15.1 Å². The fraction of sp³-hybridized carbons (Fsp3) is 0.273. The fourth-order valence-electron chi connectivity index (χ4n) is 1.72. The molecule has 0 fully saturated rings. The van der Waals surface area contributed by atoms with E-state index in [9.17, 15) is 4.79 Å². The first-order chi connectivity index (χ1) is 9.28. The highest BCUT2D eigenvalue weighted by Crippen LogP contribution is 2.24. The van der Waals surface area contributed by atoms with Crippen molar-refractivity contribution < 1.29 is 0 Å². The molecule has 0 aromatic carbocycles. The number of fused-ring (bicyclic) bond motifs is 1. The van der Waals surface area contributed by atoms with Crippen LogP contribution in [0.5, 0.6) is 0 Å². The molecular formula is C11H9N5OS2. The third kappa shape index (κ3) is 2.39. The number of aromatic amines is 1. The summed E-state index contributed by atoms with van der Waals surface area (Å²) in [5.74, 6) is 1.61. The summed E-state index contributed by atoms with van der Waals surface area (Å²) < 4.78 is 2.31. The molecule has 3 rings (SSSR count). The van der Waals surface area contributed by atoms with E-state index in [1.165, 1.54) is 16.8 Å². The van der Waals surface area contributed by atoms with Crippen molar-refractivity contribution in [3.63, 3.8) is 0 Å². The molecule has 0 radical (unpaired) electrons. The molecular weight excluding hydrogens is 282 g/mol. The first kappa shape index (κ1) is 12.3. The van der Waals surface area contributed by atoms with Crippen LogP contribution in [0.25, 0.3) is 5.65 Å². The van der Waals surface area contributed by atoms with Crippen molar-refractivity contribution in [3.05, 3.63) is 33.9 Å². The number of thioether (sulfide) groups is 2. The lowest BCUT2D eigenvalue weighted by Crippen LogP contribution is -2.15. The number of H-pyrrole nitrogens is 1. The first-order valence-electron chi connectivity index (χ1n) is 5.58. The van der Waals surface area contributed by atoms with Crippen molar-refractivity contribution in [2.75, 3.05) is 12.3 Å². The Kier molecular flexibility index (Phi) is 3.31. The molecule has 19 heavy (non-hydrogen) atoms. The van der Waals surface area contributed by atoms with Gasteiger partial charge >= 0.3 is 0 Å². The van der Waals surface area contributed by atoms with Gasteiger partial charge in [0, 0.05) is 23.8 Å². The van der Waals surface area contributed by atoms with Crippen LogP contribution in [0.4, 0.5) is 0 Å². The highest BCUT2D eigenvalue weighted by molar-refractivity contribution is 8.38. The summed E-state index contributed by atoms with van der Waals surface area (Å²) in [4.78, 5) is 20.5. The summed E-state index contributed by atoms with van der Waals surface area (Å²) in [6.07, 6.45) is 1.48. The first-order valence-corrected chi connectivity index (χ1v) is 7.55. The van der Waals surface area contributed by atoms with Gasteiger partial charge in [-0.1, -0.05) is 23.5 Å². The number of hydrogen-bond acceptors (Lipinski definition) is 6. The van der Waals surface area contributed by atoms with Crippen LogP contribution in [0.2, 0.25) is 0 Å². The van der Waals surface area contributed by atoms with Gasteiger partial charge in [-0.05, 0) is 0 Å². The Morgan fingerprint density at radius 1 is 1.63 bits per heavy atom. The zero-order valence-corrected chi connectivity index (χ0v) is 11.4. The Balaban J connectivity index is 1.91. The summed E-state index contributed by atoms with van der Waals surface area (Å²) in [5.41, 5.74) is 1.22. The molecule has 0 spiro atoms. The number of nitriles is 1. The van der Waals surface area contributed by atoms with Gasteiger partial charge in [-0.2, -0.15) is 5.26 Å². The number of nitrogens with zero attached hydrogens (tertiary/aromatic N) is 4. The molecule has 0 atom stereocenters. The van der Waals surface area contributed by atoms with E-state index < -0.39 is 0 Å². The van der Waals surface area contributed by atoms with Crippen molar-refractivity contribution >= 4 is 33.5 Å². The Labute approximate surface area is 116 Å². The third-order valence-corrected chi connectivity index (χ3v) is 4.86. The van der Waals surface area contributed by atoms with E-state index in [-0.39, 0.29) is 5.56 Å². The molecule has 0 amide bonds. The van der Waals surface area contributed by atoms with Crippen LogP contribution in [0.1, 0.15) is 11.3 Å². The lowest BCUT2D eigenvalue weighted by Gasteiger charge is -2.01. The zero-order chi connectivity index (χ0) is 13.2. The van der Waals surface area contributed by atoms with E-state index in [0.717, 1.165) is 16.7 Å². The summed E-state index contributed by atoms with van der Waals surface area (Å²) >= 11 is 3.30. The smallest absolute Gasteiger partial charge is 0.272 e. The van der Waals surface area contributed by atoms with Crippen molar-refractivity contribution in [3.8, 4) is 6.07 Å². The van der Waals surface area contributed by atoms with Gasteiger partial charge in [0.2, 0.25) is 0 Å². The number of hydrogen-bond donors (Lipinski definition) is 1. The van der Waals surface area contributed by atoms with E-state index in [1.807, 2.05) is 6.07 Å². The second-order valence-electron chi connectivity index (χ2n) is 3.83. The van der Waals surface area contributed by atoms with Crippen molar-refractivity contribution in [2.24, 2.45) is 4.99 Å². The zero-order valence-electron chi connectivity index (χ0n) is 9.79. The van der Waals surface area contributed by atoms with Gasteiger partial charge in [-0.3, -0.25) is 14.9 Å². The average Bonchev–Trinajstić information content (AvgIpc) is 3.05. The van der Waals surface area contributed by atoms with E-state index in [4.69, 9.17) is 5.26 Å². The maximum atomic E-state index is 11.9. The highest BCUT2D eigenvalue weighted by Gasteiger charge is 2.11. The third-order valence-electron chi connectivity index (χ3n) is 2.57. The van der Waals surface area contributed by atoms with Crippen LogP contribution in [0.3, 0.4) is 0 Å². The Morgan fingerprint density at radius 2 is 2.53 bits per heavy atom. The van der Waals surface area contributed by atoms with Crippen LogP contribution in [-0.2, 0) is 5.75 Å². The second-order valence-corrected chi connectivity index (χ2v) is 6.13. The van der Waals surface area contributed by atoms with Crippen LogP contribution in [-0.4, -0.2) is 31.3 Å². The number of nitrogens with one attached hydrogen (secondary N) is 1. The summed E-state index contributed by atoms with van der Waals surface area (Å²) in [6.45, 7) is 0.860. The molecule has 1 N–H and O–H groups in total. The van der Waals surface area contributed by atoms with Crippen LogP contribution >= 0.6 is 23.5 Å². The quantitative estimate of drug-likeness (QED) is 0.899. The number of aliphatic imine (C=N–C) groups is 1. The second kappa shape index (κ2) is 5.11. The normalized spacial score (nSPS) is 14.6. The standard InChI is InChI=1S/C11H9N5OS2/c12-4-7-5-14-16-9(17)3-8(15-10(7)16)6-19-11-13-1-2-18-11/h3,5,14H,1-2,6H2. The molecule has 0 saturated carbocycles. The fourth-order valence-corrected chi connectivity index (χ4v) is 3.63. The highest BCUT2D eigenvalue weighted by atomic mass is 32.2. The lowest BCUT2D eigenvalue weighted by atomic mass is 10.3. The maximum absolute atomic E-state index is 11.9. The van der Waals surface area contributed by atoms with Gasteiger partial charge in [-0.25, -0.2) is 9.50 Å². The van der Waals surface area contributed by atoms with Crippen molar-refractivity contribution in [1.29, 1.82) is 5.26 Å². The molecule has 8 heteroatoms. The van der Waals surface area contributed by atoms with Crippen LogP contribution < -0.4 is 5.56 Å². The molecule has 0 saturated heterocycles. The van der Waals surface area contributed by atoms with E-state index in [0.29, 0.717) is 22.7 Å². The average molecular weight is 291 g/mol. The molecule has 2 aromatic rings. The molecule has 1 aliphatic rings. The van der Waals surface area contributed by atoms with Gasteiger partial charge in [0.1, 0.15) is 16.0 Å². The SMILES string of the molecule is N#Cc1c[nH]n2c(=O)cc(CSC3=NCCS3)nc12. The van der Waals surface area contributed by atoms with Gasteiger partial charge in [0.25, 0.3) is 5.56 Å². The monoisotopic (exact) mass is 291 g/mol. The predicted octanol–water partition coefficient (Wildman–Crippen LogP) is 1.23. The number of aromatic nitrogens is 3. The summed E-state index contributed by atoms with van der Waals surface area (Å²) in [5, 5.41) is 11.7. The molecule has 0 bridgehead atoms. The van der Waals surface area contributed by atoms with Gasteiger partial charge in [-0.15, -0.1) is 0 Å². The summed E-state index contributed by atoms with van der Waals surface area (Å²) in [7, 11) is 0. The minimum Gasteiger partial charge on any atom is -0.295 e. The summed E-state index contributed by atoms with van der Waals surface area (Å²) in [6, 6.07) is 3.50. The Morgan fingerprint density at radius 3 is 3.26 bits per heavy atom. The molecule has 3 heterocycles. The molecule has 96 valence electrons. The lowest BCUT2D eigenvalue weighted by molar-refractivity contribution is 0.888. The molecule has 1 aliphatic heterocycles. The van der Waals surface area contributed by atoms with E-state index >= 15 is 0 Å². The topological polar surface area (TPSA) is 86.3 Å². The van der Waals surface area contributed by atoms with Crippen LogP contribution in [0.15, 0.2) is 22.1 Å². The van der Waals surface area contributed by atoms with E-state index in [1.54, 1.807) is 23.5 Å². The molecule has 2 aromatic heterocycles. The van der Waals surface area contributed by atoms with Gasteiger partial charge in [0.15, 0.2) is 5.65 Å². The molecule has 6 nitrogen and oxygen atoms in total. The predicted molar refractivity (Wildman–Crippen MR) is 76.6 cm³/mol.